The number of halogens is 3. The average molecular weight is 254 g/mol. The summed E-state index contributed by atoms with van der Waals surface area (Å²) in [7, 11) is 0. The number of rotatable bonds is 5. The zero-order chi connectivity index (χ0) is 13.1. The van der Waals surface area contributed by atoms with Gasteiger partial charge in [0.15, 0.2) is 5.60 Å². The van der Waals surface area contributed by atoms with Crippen molar-refractivity contribution in [1.29, 1.82) is 0 Å². The summed E-state index contributed by atoms with van der Waals surface area (Å²) in [6, 6.07) is 0. The second-order valence-electron chi connectivity index (χ2n) is 4.58. The first-order valence-electron chi connectivity index (χ1n) is 6.06. The predicted octanol–water partition coefficient (Wildman–Crippen LogP) is 1.33. The van der Waals surface area contributed by atoms with Crippen molar-refractivity contribution in [1.82, 2.24) is 9.80 Å². The summed E-state index contributed by atoms with van der Waals surface area (Å²) >= 11 is 0. The molecule has 102 valence electrons. The van der Waals surface area contributed by atoms with Crippen molar-refractivity contribution in [2.45, 2.75) is 32.0 Å². The second-order valence-corrected chi connectivity index (χ2v) is 4.58. The van der Waals surface area contributed by atoms with Crippen molar-refractivity contribution >= 4 is 0 Å². The Labute approximate surface area is 100 Å². The van der Waals surface area contributed by atoms with Gasteiger partial charge in [-0.25, -0.2) is 0 Å². The van der Waals surface area contributed by atoms with Crippen LogP contribution in [0.25, 0.3) is 0 Å². The van der Waals surface area contributed by atoms with Gasteiger partial charge in [0.1, 0.15) is 0 Å². The van der Waals surface area contributed by atoms with Gasteiger partial charge in [-0.15, -0.1) is 0 Å². The van der Waals surface area contributed by atoms with Gasteiger partial charge in [0.05, 0.1) is 0 Å². The smallest absolute Gasteiger partial charge is 0.379 e. The van der Waals surface area contributed by atoms with Crippen LogP contribution in [-0.2, 0) is 0 Å². The lowest BCUT2D eigenvalue weighted by Gasteiger charge is -2.27. The lowest BCUT2D eigenvalue weighted by molar-refractivity contribution is -0.253. The van der Waals surface area contributed by atoms with Crippen LogP contribution in [0.2, 0.25) is 0 Å². The van der Waals surface area contributed by atoms with E-state index in [1.165, 1.54) is 0 Å². The van der Waals surface area contributed by atoms with Crippen LogP contribution in [0.15, 0.2) is 0 Å². The van der Waals surface area contributed by atoms with Gasteiger partial charge in [0.2, 0.25) is 0 Å². The molecule has 1 atom stereocenters. The molecule has 1 unspecified atom stereocenters. The van der Waals surface area contributed by atoms with Crippen LogP contribution in [0.3, 0.4) is 0 Å². The van der Waals surface area contributed by atoms with Crippen molar-refractivity contribution < 1.29 is 18.3 Å². The third-order valence-electron chi connectivity index (χ3n) is 3.48. The lowest BCUT2D eigenvalue weighted by atomic mass is 10.0. The number of hydrogen-bond donors (Lipinski definition) is 1. The minimum Gasteiger partial charge on any atom is -0.379 e. The van der Waals surface area contributed by atoms with Gasteiger partial charge in [-0.05, 0) is 19.5 Å². The molecule has 1 N–H and O–H groups in total. The maximum absolute atomic E-state index is 12.6. The quantitative estimate of drug-likeness (QED) is 0.801. The van der Waals surface area contributed by atoms with Crippen LogP contribution < -0.4 is 0 Å². The predicted molar refractivity (Wildman–Crippen MR) is 59.8 cm³/mol. The summed E-state index contributed by atoms with van der Waals surface area (Å²) in [6.07, 6.45) is -4.73. The van der Waals surface area contributed by atoms with Crippen molar-refractivity contribution in [3.63, 3.8) is 0 Å². The summed E-state index contributed by atoms with van der Waals surface area (Å²) < 4.78 is 37.7. The first-order valence-corrected chi connectivity index (χ1v) is 6.06. The summed E-state index contributed by atoms with van der Waals surface area (Å²) in [4.78, 5) is 3.84. The third-order valence-corrected chi connectivity index (χ3v) is 3.48. The zero-order valence-corrected chi connectivity index (χ0v) is 10.4. The molecular weight excluding hydrogens is 233 g/mol. The van der Waals surface area contributed by atoms with E-state index in [2.05, 4.69) is 4.90 Å². The van der Waals surface area contributed by atoms with Gasteiger partial charge in [-0.3, -0.25) is 4.90 Å². The molecule has 3 nitrogen and oxygen atoms in total. The number of nitrogens with zero attached hydrogens (tertiary/aromatic N) is 2. The SMILES string of the molecule is CCN(CC)CCN1CCC(O)(C(F)(F)F)C1. The van der Waals surface area contributed by atoms with Crippen LogP contribution in [0.4, 0.5) is 13.2 Å². The topological polar surface area (TPSA) is 26.7 Å². The van der Waals surface area contributed by atoms with Crippen molar-refractivity contribution in [3.05, 3.63) is 0 Å². The van der Waals surface area contributed by atoms with Gasteiger partial charge in [0, 0.05) is 26.2 Å². The van der Waals surface area contributed by atoms with Gasteiger partial charge in [-0.2, -0.15) is 13.2 Å². The second kappa shape index (κ2) is 5.54. The van der Waals surface area contributed by atoms with E-state index in [1.54, 1.807) is 4.90 Å². The standard InChI is InChI=1S/C11H21F3N2O/c1-3-15(4-2)7-8-16-6-5-10(17,9-16)11(12,13)14/h17H,3-9H2,1-2H3. The molecule has 1 aliphatic rings. The first kappa shape index (κ1) is 14.7. The Morgan fingerprint density at radius 1 is 1.29 bits per heavy atom. The van der Waals surface area contributed by atoms with E-state index in [0.29, 0.717) is 13.1 Å². The molecule has 1 fully saturated rings. The summed E-state index contributed by atoms with van der Waals surface area (Å²) in [5.41, 5.74) is -2.50. The van der Waals surface area contributed by atoms with Crippen LogP contribution in [0.5, 0.6) is 0 Å². The van der Waals surface area contributed by atoms with E-state index in [-0.39, 0.29) is 13.0 Å². The fraction of sp³-hybridized carbons (Fsp3) is 1.00. The highest BCUT2D eigenvalue weighted by Crippen LogP contribution is 2.37. The van der Waals surface area contributed by atoms with Crippen LogP contribution in [0.1, 0.15) is 20.3 Å². The molecule has 0 saturated carbocycles. The third kappa shape index (κ3) is 3.56. The van der Waals surface area contributed by atoms with E-state index in [1.807, 2.05) is 13.8 Å². The molecule has 0 amide bonds. The molecular formula is C11H21F3N2O. The molecule has 0 spiro atoms. The first-order chi connectivity index (χ1) is 7.82. The van der Waals surface area contributed by atoms with E-state index >= 15 is 0 Å². The summed E-state index contributed by atoms with van der Waals surface area (Å²) in [5, 5.41) is 9.50. The van der Waals surface area contributed by atoms with E-state index in [0.717, 1.165) is 19.6 Å². The monoisotopic (exact) mass is 254 g/mol. The Morgan fingerprint density at radius 2 is 1.88 bits per heavy atom. The Bertz CT molecular complexity index is 243. The minimum absolute atomic E-state index is 0.214. The molecule has 0 aromatic carbocycles. The molecule has 17 heavy (non-hydrogen) atoms. The molecule has 0 bridgehead atoms. The highest BCUT2D eigenvalue weighted by atomic mass is 19.4. The average Bonchev–Trinajstić information content (AvgIpc) is 2.62. The molecule has 1 heterocycles. The largest absolute Gasteiger partial charge is 0.418 e. The highest BCUT2D eigenvalue weighted by molar-refractivity contribution is 4.95. The number of hydrogen-bond acceptors (Lipinski definition) is 3. The maximum Gasteiger partial charge on any atom is 0.418 e. The molecule has 6 heteroatoms. The summed E-state index contributed by atoms with van der Waals surface area (Å²) in [5.74, 6) is 0. The molecule has 0 aliphatic carbocycles. The minimum atomic E-state index is -4.52. The summed E-state index contributed by atoms with van der Waals surface area (Å²) in [6.45, 7) is 7.21. The fourth-order valence-corrected chi connectivity index (χ4v) is 2.12. The Balaban J connectivity index is 2.41. The zero-order valence-electron chi connectivity index (χ0n) is 10.4. The lowest BCUT2D eigenvalue weighted by Crippen LogP contribution is -2.47. The molecule has 1 rings (SSSR count). The molecule has 0 aromatic heterocycles. The van der Waals surface area contributed by atoms with Gasteiger partial charge in [0.25, 0.3) is 0 Å². The number of likely N-dealkylation sites (N-methyl/N-ethyl adjacent to an activating group) is 1. The Morgan fingerprint density at radius 3 is 2.29 bits per heavy atom. The van der Waals surface area contributed by atoms with E-state index < -0.39 is 11.8 Å². The van der Waals surface area contributed by atoms with Crippen LogP contribution in [-0.4, -0.2) is 66.0 Å². The number of likely N-dealkylation sites (tertiary alicyclic amines) is 1. The molecule has 1 aliphatic heterocycles. The highest BCUT2D eigenvalue weighted by Gasteiger charge is 2.56. The van der Waals surface area contributed by atoms with Crippen molar-refractivity contribution in [2.24, 2.45) is 0 Å². The number of β-amino-alcohol motifs (C(OH)–C–C–N with tert-alkyl or cyclic N) is 1. The molecule has 0 radical (unpaired) electrons. The van der Waals surface area contributed by atoms with Gasteiger partial charge >= 0.3 is 6.18 Å². The number of alkyl halides is 3. The normalized spacial score (nSPS) is 27.0. The van der Waals surface area contributed by atoms with Crippen molar-refractivity contribution in [2.75, 3.05) is 39.3 Å². The number of aliphatic hydroxyl groups is 1. The van der Waals surface area contributed by atoms with Gasteiger partial charge < -0.3 is 10.0 Å². The maximum atomic E-state index is 12.6. The Kier molecular flexibility index (Phi) is 4.80. The van der Waals surface area contributed by atoms with Crippen LogP contribution >= 0.6 is 0 Å². The fourth-order valence-electron chi connectivity index (χ4n) is 2.12. The van der Waals surface area contributed by atoms with Gasteiger partial charge in [-0.1, -0.05) is 13.8 Å². The molecule has 1 saturated heterocycles. The van der Waals surface area contributed by atoms with Crippen molar-refractivity contribution in [3.8, 4) is 0 Å². The van der Waals surface area contributed by atoms with Crippen LogP contribution in [0, 0.1) is 0 Å². The van der Waals surface area contributed by atoms with E-state index in [9.17, 15) is 18.3 Å². The van der Waals surface area contributed by atoms with E-state index in [4.69, 9.17) is 0 Å². The molecule has 0 aromatic rings. The Hall–Kier alpha value is -0.330.